The molecule has 3 aromatic rings. The zero-order valence-electron chi connectivity index (χ0n) is 16.8. The van der Waals surface area contributed by atoms with E-state index in [2.05, 4.69) is 10.1 Å². The first-order valence-corrected chi connectivity index (χ1v) is 9.66. The van der Waals surface area contributed by atoms with Crippen LogP contribution in [0.4, 0.5) is 4.39 Å². The average molecular weight is 390 g/mol. The smallest absolute Gasteiger partial charge is 0.268 e. The topological polar surface area (TPSA) is 50.5 Å². The van der Waals surface area contributed by atoms with E-state index in [0.717, 1.165) is 22.0 Å². The summed E-state index contributed by atoms with van der Waals surface area (Å²) >= 11 is 0. The molecular weight excluding hydrogens is 367 g/mol. The van der Waals surface area contributed by atoms with E-state index in [-0.39, 0.29) is 24.2 Å². The number of hydrogen-bond acceptors (Lipinski definition) is 3. The summed E-state index contributed by atoms with van der Waals surface area (Å²) < 4.78 is 16.6. The van der Waals surface area contributed by atoms with Gasteiger partial charge < -0.3 is 4.90 Å². The van der Waals surface area contributed by atoms with E-state index in [1.807, 2.05) is 51.4 Å². The highest BCUT2D eigenvalue weighted by Crippen LogP contribution is 2.27. The van der Waals surface area contributed by atoms with Crippen molar-refractivity contribution in [1.29, 1.82) is 0 Å². The number of fused-ring (bicyclic) bond motifs is 1. The van der Waals surface area contributed by atoms with E-state index in [9.17, 15) is 9.18 Å². The first-order chi connectivity index (χ1) is 14.0. The molecule has 1 unspecified atom stereocenters. The van der Waals surface area contributed by atoms with Crippen molar-refractivity contribution in [3.63, 3.8) is 0 Å². The Balaban J connectivity index is 1.56. The summed E-state index contributed by atoms with van der Waals surface area (Å²) in [6.45, 7) is 4.61. The maximum atomic E-state index is 14.8. The van der Waals surface area contributed by atoms with Gasteiger partial charge in [0, 0.05) is 49.4 Å². The number of hydrogen-bond donors (Lipinski definition) is 0. The van der Waals surface area contributed by atoms with E-state index >= 15 is 0 Å². The molecule has 4 rings (SSSR count). The summed E-state index contributed by atoms with van der Waals surface area (Å²) in [6.07, 6.45) is 5.36. The lowest BCUT2D eigenvalue weighted by atomic mass is 10.0. The first-order valence-electron chi connectivity index (χ1n) is 9.66. The van der Waals surface area contributed by atoms with Crippen LogP contribution >= 0.6 is 0 Å². The Kier molecular flexibility index (Phi) is 5.01. The SMILES string of the molecule is C/C=C\N=C1\C(=O)N(Cc2ccc(-c3ccc4cn(C)nc4c3)cc2F)CC1C. The molecule has 0 spiro atoms. The summed E-state index contributed by atoms with van der Waals surface area (Å²) in [5.41, 5.74) is 3.60. The molecule has 1 aliphatic rings. The molecule has 0 saturated carbocycles. The molecule has 1 atom stereocenters. The summed E-state index contributed by atoms with van der Waals surface area (Å²) in [6, 6.07) is 11.1. The molecule has 0 aliphatic carbocycles. The van der Waals surface area contributed by atoms with Crippen LogP contribution in [0.2, 0.25) is 0 Å². The molecule has 0 N–H and O–H groups in total. The lowest BCUT2D eigenvalue weighted by molar-refractivity contribution is -0.123. The first kappa shape index (κ1) is 19.1. The van der Waals surface area contributed by atoms with Crippen LogP contribution in [0.3, 0.4) is 0 Å². The maximum absolute atomic E-state index is 14.8. The number of carbonyl (C=O) groups is 1. The zero-order valence-corrected chi connectivity index (χ0v) is 16.8. The molecule has 148 valence electrons. The average Bonchev–Trinajstić information content (AvgIpc) is 3.19. The quantitative estimate of drug-likeness (QED) is 0.666. The van der Waals surface area contributed by atoms with Crippen LogP contribution in [0.1, 0.15) is 19.4 Å². The maximum Gasteiger partial charge on any atom is 0.268 e. The van der Waals surface area contributed by atoms with E-state index in [1.54, 1.807) is 27.9 Å². The van der Waals surface area contributed by atoms with Crippen LogP contribution in [0.15, 0.2) is 59.9 Å². The van der Waals surface area contributed by atoms with E-state index < -0.39 is 0 Å². The minimum absolute atomic E-state index is 0.0335. The third-order valence-electron chi connectivity index (χ3n) is 5.20. The Morgan fingerprint density at radius 2 is 2.00 bits per heavy atom. The summed E-state index contributed by atoms with van der Waals surface area (Å²) in [7, 11) is 1.88. The Labute approximate surface area is 169 Å². The third kappa shape index (κ3) is 3.70. The van der Waals surface area contributed by atoms with Crippen LogP contribution in [0, 0.1) is 11.7 Å². The summed E-state index contributed by atoms with van der Waals surface area (Å²) in [5.74, 6) is -0.409. The second-order valence-electron chi connectivity index (χ2n) is 7.47. The van der Waals surface area contributed by atoms with Crippen molar-refractivity contribution < 1.29 is 9.18 Å². The Morgan fingerprint density at radius 3 is 2.76 bits per heavy atom. The largest absolute Gasteiger partial charge is 0.332 e. The van der Waals surface area contributed by atoms with E-state index in [0.29, 0.717) is 17.8 Å². The Morgan fingerprint density at radius 1 is 1.24 bits per heavy atom. The van der Waals surface area contributed by atoms with Crippen LogP contribution in [0.5, 0.6) is 0 Å². The van der Waals surface area contributed by atoms with Crippen molar-refractivity contribution in [2.75, 3.05) is 6.54 Å². The van der Waals surface area contributed by atoms with Gasteiger partial charge in [0.2, 0.25) is 0 Å². The molecule has 2 aromatic carbocycles. The molecule has 1 fully saturated rings. The fraction of sp³-hybridized carbons (Fsp3) is 0.261. The molecule has 0 bridgehead atoms. The molecule has 1 aliphatic heterocycles. The van der Waals surface area contributed by atoms with Gasteiger partial charge >= 0.3 is 0 Å². The van der Waals surface area contributed by atoms with Gasteiger partial charge in [0.05, 0.1) is 5.52 Å². The molecule has 0 radical (unpaired) electrons. The standard InChI is InChI=1S/C23H23FN4O/c1-4-9-25-22-15(2)12-28(23(22)29)14-18-7-5-16(10-20(18)24)17-6-8-19-13-27(3)26-21(19)11-17/h4-11,13,15H,12,14H2,1-3H3/b9-4-,25-22+. The van der Waals surface area contributed by atoms with Crippen LogP contribution in [-0.2, 0) is 18.4 Å². The normalized spacial score (nSPS) is 18.6. The van der Waals surface area contributed by atoms with Crippen molar-refractivity contribution in [2.45, 2.75) is 20.4 Å². The van der Waals surface area contributed by atoms with Gasteiger partial charge in [0.1, 0.15) is 11.5 Å². The lowest BCUT2D eigenvalue weighted by Crippen LogP contribution is -2.27. The monoisotopic (exact) mass is 390 g/mol. The Hall–Kier alpha value is -3.28. The zero-order chi connectivity index (χ0) is 20.5. The molecule has 2 heterocycles. The number of carbonyl (C=O) groups excluding carboxylic acids is 1. The van der Waals surface area contributed by atoms with Crippen molar-refractivity contribution in [3.8, 4) is 11.1 Å². The van der Waals surface area contributed by atoms with Crippen LogP contribution in [-0.4, -0.2) is 32.8 Å². The highest BCUT2D eigenvalue weighted by atomic mass is 19.1. The number of benzene rings is 2. The van der Waals surface area contributed by atoms with Crippen molar-refractivity contribution >= 4 is 22.5 Å². The second kappa shape index (κ2) is 7.62. The van der Waals surface area contributed by atoms with Crippen molar-refractivity contribution in [1.82, 2.24) is 14.7 Å². The number of aliphatic imine (C=N–C) groups is 1. The molecule has 1 aromatic heterocycles. The van der Waals surface area contributed by atoms with Gasteiger partial charge in [-0.05, 0) is 30.2 Å². The Bertz CT molecular complexity index is 1140. The van der Waals surface area contributed by atoms with E-state index in [1.165, 1.54) is 6.07 Å². The van der Waals surface area contributed by atoms with Crippen LogP contribution < -0.4 is 0 Å². The fourth-order valence-corrected chi connectivity index (χ4v) is 3.73. The molecule has 5 nitrogen and oxygen atoms in total. The summed E-state index contributed by atoms with van der Waals surface area (Å²) in [4.78, 5) is 18.5. The highest BCUT2D eigenvalue weighted by Gasteiger charge is 2.33. The fourth-order valence-electron chi connectivity index (χ4n) is 3.73. The minimum atomic E-state index is -0.317. The van der Waals surface area contributed by atoms with Gasteiger partial charge in [-0.2, -0.15) is 5.10 Å². The summed E-state index contributed by atoms with van der Waals surface area (Å²) in [5, 5.41) is 5.46. The van der Waals surface area contributed by atoms with Gasteiger partial charge in [-0.25, -0.2) is 4.39 Å². The van der Waals surface area contributed by atoms with Crippen molar-refractivity contribution in [2.24, 2.45) is 18.0 Å². The predicted molar refractivity (Wildman–Crippen MR) is 113 cm³/mol. The number of allylic oxidation sites excluding steroid dienone is 1. The second-order valence-corrected chi connectivity index (χ2v) is 7.47. The number of aryl methyl sites for hydroxylation is 1. The molecule has 1 amide bonds. The molecule has 29 heavy (non-hydrogen) atoms. The van der Waals surface area contributed by atoms with Gasteiger partial charge in [0.15, 0.2) is 0 Å². The number of likely N-dealkylation sites (tertiary alicyclic amines) is 1. The highest BCUT2D eigenvalue weighted by molar-refractivity contribution is 6.41. The molecule has 6 heteroatoms. The number of aromatic nitrogens is 2. The van der Waals surface area contributed by atoms with E-state index in [4.69, 9.17) is 0 Å². The van der Waals surface area contributed by atoms with Gasteiger partial charge in [-0.3, -0.25) is 14.5 Å². The minimum Gasteiger partial charge on any atom is -0.332 e. The predicted octanol–water partition coefficient (Wildman–Crippen LogP) is 4.33. The van der Waals surface area contributed by atoms with Crippen molar-refractivity contribution in [3.05, 3.63) is 66.3 Å². The van der Waals surface area contributed by atoms with Gasteiger partial charge in [0.25, 0.3) is 5.91 Å². The number of nitrogens with zero attached hydrogens (tertiary/aromatic N) is 4. The van der Waals surface area contributed by atoms with Gasteiger partial charge in [-0.15, -0.1) is 0 Å². The number of halogens is 1. The number of amides is 1. The molecular formula is C23H23FN4O. The van der Waals surface area contributed by atoms with Gasteiger partial charge in [-0.1, -0.05) is 37.3 Å². The lowest BCUT2D eigenvalue weighted by Gasteiger charge is -2.16. The third-order valence-corrected chi connectivity index (χ3v) is 5.20. The number of rotatable bonds is 4. The molecule has 1 saturated heterocycles. The van der Waals surface area contributed by atoms with Crippen LogP contribution in [0.25, 0.3) is 22.0 Å².